The molecule has 0 aliphatic carbocycles. The number of aryl methyl sites for hydroxylation is 2. The van der Waals surface area contributed by atoms with E-state index >= 15 is 0 Å². The van der Waals surface area contributed by atoms with Crippen LogP contribution in [-0.4, -0.2) is 51.3 Å². The Balaban J connectivity index is 1.27. The minimum atomic E-state index is -0.359. The molecule has 0 N–H and O–H groups in total. The number of benzene rings is 2. The van der Waals surface area contributed by atoms with E-state index in [1.54, 1.807) is 6.20 Å². The molecule has 0 bridgehead atoms. The molecule has 0 unspecified atom stereocenters. The third-order valence-electron chi connectivity index (χ3n) is 6.45. The molecular weight excluding hydrogens is 462 g/mol. The fourth-order valence-electron chi connectivity index (χ4n) is 4.56. The van der Waals surface area contributed by atoms with Gasteiger partial charge in [0.1, 0.15) is 5.02 Å². The predicted molar refractivity (Wildman–Crippen MR) is 138 cm³/mol. The van der Waals surface area contributed by atoms with Gasteiger partial charge in [-0.2, -0.15) is 9.78 Å². The molecule has 0 radical (unpaired) electrons. The molecule has 3 heterocycles. The van der Waals surface area contributed by atoms with E-state index in [4.69, 9.17) is 11.6 Å². The molecule has 1 amide bonds. The lowest BCUT2D eigenvalue weighted by Gasteiger charge is -2.36. The smallest absolute Gasteiger partial charge is 0.292 e. The minimum absolute atomic E-state index is 0.000803. The summed E-state index contributed by atoms with van der Waals surface area (Å²) < 4.78 is 3.46. The van der Waals surface area contributed by atoms with Crippen molar-refractivity contribution in [2.24, 2.45) is 0 Å². The number of halogens is 1. The Bertz CT molecular complexity index is 1400. The summed E-state index contributed by atoms with van der Waals surface area (Å²) in [5, 5.41) is 4.46. The SMILES string of the molecule is Cc1ccc(C)n1-c1ccc(C(=O)N2CCN(c3cnn(-c4ccccc4)c(=O)c3Cl)CC2)cc1. The maximum absolute atomic E-state index is 13.1. The lowest BCUT2D eigenvalue weighted by molar-refractivity contribution is 0.0747. The van der Waals surface area contributed by atoms with Crippen molar-refractivity contribution in [2.45, 2.75) is 13.8 Å². The largest absolute Gasteiger partial charge is 0.365 e. The zero-order valence-corrected chi connectivity index (χ0v) is 20.4. The first-order valence-corrected chi connectivity index (χ1v) is 11.9. The third kappa shape index (κ3) is 4.35. The fraction of sp³-hybridized carbons (Fsp3) is 0.222. The monoisotopic (exact) mass is 487 g/mol. The molecular formula is C27H26ClN5O2. The van der Waals surface area contributed by atoms with E-state index in [2.05, 4.69) is 35.6 Å². The minimum Gasteiger partial charge on any atom is -0.365 e. The Kier molecular flexibility index (Phi) is 6.17. The van der Waals surface area contributed by atoms with Gasteiger partial charge in [0.05, 0.1) is 17.6 Å². The van der Waals surface area contributed by atoms with Crippen LogP contribution in [0.1, 0.15) is 21.7 Å². The van der Waals surface area contributed by atoms with Crippen molar-refractivity contribution in [3.05, 3.63) is 105 Å². The molecule has 2 aromatic heterocycles. The second-order valence-corrected chi connectivity index (χ2v) is 9.05. The number of amides is 1. The van der Waals surface area contributed by atoms with Crippen molar-refractivity contribution in [3.63, 3.8) is 0 Å². The summed E-state index contributed by atoms with van der Waals surface area (Å²) >= 11 is 6.46. The number of anilines is 1. The van der Waals surface area contributed by atoms with Gasteiger partial charge in [0.15, 0.2) is 0 Å². The van der Waals surface area contributed by atoms with Gasteiger partial charge in [-0.25, -0.2) is 0 Å². The molecule has 5 rings (SSSR count). The number of carbonyl (C=O) groups is 1. The lowest BCUT2D eigenvalue weighted by Crippen LogP contribution is -2.49. The molecule has 1 fully saturated rings. The van der Waals surface area contributed by atoms with E-state index in [9.17, 15) is 9.59 Å². The van der Waals surface area contributed by atoms with Crippen LogP contribution in [-0.2, 0) is 0 Å². The summed E-state index contributed by atoms with van der Waals surface area (Å²) in [7, 11) is 0. The summed E-state index contributed by atoms with van der Waals surface area (Å²) in [6.45, 7) is 6.35. The van der Waals surface area contributed by atoms with Crippen LogP contribution in [0.25, 0.3) is 11.4 Å². The van der Waals surface area contributed by atoms with Crippen LogP contribution in [0, 0.1) is 13.8 Å². The lowest BCUT2D eigenvalue weighted by atomic mass is 10.1. The van der Waals surface area contributed by atoms with Crippen LogP contribution in [0.3, 0.4) is 0 Å². The van der Waals surface area contributed by atoms with Crippen molar-refractivity contribution in [1.82, 2.24) is 19.2 Å². The molecule has 178 valence electrons. The Morgan fingerprint density at radius 3 is 2.09 bits per heavy atom. The zero-order valence-electron chi connectivity index (χ0n) is 19.7. The Labute approximate surface area is 208 Å². The molecule has 8 heteroatoms. The van der Waals surface area contributed by atoms with E-state index in [1.807, 2.05) is 64.4 Å². The Hall–Kier alpha value is -3.84. The van der Waals surface area contributed by atoms with Crippen LogP contribution < -0.4 is 10.5 Å². The fourth-order valence-corrected chi connectivity index (χ4v) is 4.81. The van der Waals surface area contributed by atoms with Gasteiger partial charge in [-0.3, -0.25) is 9.59 Å². The van der Waals surface area contributed by atoms with Gasteiger partial charge in [0.2, 0.25) is 0 Å². The van der Waals surface area contributed by atoms with E-state index in [0.29, 0.717) is 43.1 Å². The van der Waals surface area contributed by atoms with Crippen molar-refractivity contribution in [1.29, 1.82) is 0 Å². The van der Waals surface area contributed by atoms with Gasteiger partial charge in [-0.1, -0.05) is 29.8 Å². The molecule has 1 aliphatic rings. The number of aromatic nitrogens is 3. The second kappa shape index (κ2) is 9.43. The van der Waals surface area contributed by atoms with Crippen molar-refractivity contribution >= 4 is 23.2 Å². The molecule has 1 aliphatic heterocycles. The van der Waals surface area contributed by atoms with Crippen molar-refractivity contribution in [2.75, 3.05) is 31.1 Å². The van der Waals surface area contributed by atoms with Crippen molar-refractivity contribution in [3.8, 4) is 11.4 Å². The second-order valence-electron chi connectivity index (χ2n) is 8.67. The highest BCUT2D eigenvalue weighted by Gasteiger charge is 2.25. The van der Waals surface area contributed by atoms with Crippen LogP contribution in [0.5, 0.6) is 0 Å². The molecule has 4 aromatic rings. The van der Waals surface area contributed by atoms with Crippen molar-refractivity contribution < 1.29 is 4.79 Å². The van der Waals surface area contributed by atoms with Crippen LogP contribution in [0.4, 0.5) is 5.69 Å². The van der Waals surface area contributed by atoms with Gasteiger partial charge in [0.25, 0.3) is 11.5 Å². The highest BCUT2D eigenvalue weighted by molar-refractivity contribution is 6.33. The standard InChI is InChI=1S/C27H26ClN5O2/c1-19-8-9-20(2)32(19)22-12-10-21(11-13-22)26(34)31-16-14-30(15-17-31)24-18-29-33(27(35)25(24)28)23-6-4-3-5-7-23/h3-13,18H,14-17H2,1-2H3. The first kappa shape index (κ1) is 22.9. The molecule has 1 saturated heterocycles. The van der Waals surface area contributed by atoms with E-state index in [-0.39, 0.29) is 16.5 Å². The molecule has 7 nitrogen and oxygen atoms in total. The van der Waals surface area contributed by atoms with Gasteiger partial charge in [-0.05, 0) is 62.4 Å². The number of nitrogens with zero attached hydrogens (tertiary/aromatic N) is 5. The van der Waals surface area contributed by atoms with E-state index < -0.39 is 0 Å². The van der Waals surface area contributed by atoms with Crippen LogP contribution in [0.2, 0.25) is 5.02 Å². The molecule has 0 atom stereocenters. The molecule has 35 heavy (non-hydrogen) atoms. The summed E-state index contributed by atoms with van der Waals surface area (Å²) in [5.41, 5.74) is 4.91. The number of piperazine rings is 1. The van der Waals surface area contributed by atoms with Gasteiger partial charge >= 0.3 is 0 Å². The molecule has 0 spiro atoms. The Morgan fingerprint density at radius 2 is 1.46 bits per heavy atom. The van der Waals surface area contributed by atoms with Gasteiger partial charge < -0.3 is 14.4 Å². The highest BCUT2D eigenvalue weighted by atomic mass is 35.5. The summed E-state index contributed by atoms with van der Waals surface area (Å²) in [4.78, 5) is 29.8. The maximum Gasteiger partial charge on any atom is 0.292 e. The number of hydrogen-bond donors (Lipinski definition) is 0. The topological polar surface area (TPSA) is 63.4 Å². The predicted octanol–water partition coefficient (Wildman–Crippen LogP) is 4.26. The van der Waals surface area contributed by atoms with Crippen LogP contribution >= 0.6 is 11.6 Å². The average molecular weight is 488 g/mol. The average Bonchev–Trinajstić information content (AvgIpc) is 3.23. The zero-order chi connectivity index (χ0) is 24.5. The number of hydrogen-bond acceptors (Lipinski definition) is 4. The number of rotatable bonds is 4. The van der Waals surface area contributed by atoms with E-state index in [1.165, 1.54) is 4.68 Å². The van der Waals surface area contributed by atoms with E-state index in [0.717, 1.165) is 17.1 Å². The summed E-state index contributed by atoms with van der Waals surface area (Å²) in [6, 6.07) is 21.1. The van der Waals surface area contributed by atoms with Crippen LogP contribution in [0.15, 0.2) is 77.7 Å². The van der Waals surface area contributed by atoms with Gasteiger partial charge in [-0.15, -0.1) is 0 Å². The maximum atomic E-state index is 13.1. The molecule has 0 saturated carbocycles. The number of para-hydroxylation sites is 1. The number of carbonyl (C=O) groups excluding carboxylic acids is 1. The summed E-state index contributed by atoms with van der Waals surface area (Å²) in [5.74, 6) is 0.000803. The Morgan fingerprint density at radius 1 is 0.829 bits per heavy atom. The van der Waals surface area contributed by atoms with Gasteiger partial charge in [0, 0.05) is 48.8 Å². The normalized spacial score (nSPS) is 13.8. The molecule has 2 aromatic carbocycles. The third-order valence-corrected chi connectivity index (χ3v) is 6.81. The summed E-state index contributed by atoms with van der Waals surface area (Å²) in [6.07, 6.45) is 1.62. The first-order valence-electron chi connectivity index (χ1n) is 11.6. The highest BCUT2D eigenvalue weighted by Crippen LogP contribution is 2.24. The first-order chi connectivity index (χ1) is 16.9. The quantitative estimate of drug-likeness (QED) is 0.431.